The predicted octanol–water partition coefficient (Wildman–Crippen LogP) is 3.97. The van der Waals surface area contributed by atoms with Crippen LogP contribution in [0.5, 0.6) is 0 Å². The molecule has 1 saturated carbocycles. The van der Waals surface area contributed by atoms with Gasteiger partial charge < -0.3 is 0 Å². The van der Waals surface area contributed by atoms with Crippen molar-refractivity contribution in [2.45, 2.75) is 31.6 Å². The summed E-state index contributed by atoms with van der Waals surface area (Å²) >= 11 is 6.11. The van der Waals surface area contributed by atoms with Gasteiger partial charge in [0.1, 0.15) is 0 Å². The Morgan fingerprint density at radius 3 is 2.47 bits per heavy atom. The zero-order valence-corrected chi connectivity index (χ0v) is 9.63. The Kier molecular flexibility index (Phi) is 3.11. The third-order valence-corrected chi connectivity index (χ3v) is 3.42. The molecule has 15 heavy (non-hydrogen) atoms. The maximum Gasteiger partial charge on any atom is 0.165 e. The number of hydrogen-bond donors (Lipinski definition) is 0. The van der Waals surface area contributed by atoms with Gasteiger partial charge in [0.2, 0.25) is 0 Å². The molecular formula is C13H15ClO. The van der Waals surface area contributed by atoms with Crippen molar-refractivity contribution >= 4 is 17.4 Å². The minimum Gasteiger partial charge on any atom is -0.294 e. The molecule has 1 aromatic carbocycles. The molecule has 0 radical (unpaired) electrons. The number of Topliss-reactive ketones (excluding diaryl/α,β-unsaturated/α-hetero) is 1. The van der Waals surface area contributed by atoms with E-state index < -0.39 is 0 Å². The second-order valence-corrected chi connectivity index (χ2v) is 4.66. The first kappa shape index (κ1) is 10.7. The second kappa shape index (κ2) is 4.36. The van der Waals surface area contributed by atoms with Crippen LogP contribution in [0.2, 0.25) is 0 Å². The summed E-state index contributed by atoms with van der Waals surface area (Å²) in [4.78, 5) is 11.7. The van der Waals surface area contributed by atoms with E-state index in [1.165, 1.54) is 0 Å². The zero-order valence-electron chi connectivity index (χ0n) is 8.87. The average Bonchev–Trinajstić information content (AvgIpc) is 3.11. The average molecular weight is 223 g/mol. The molecule has 2 heteroatoms. The van der Waals surface area contributed by atoms with Crippen molar-refractivity contribution < 1.29 is 4.79 Å². The Morgan fingerprint density at radius 1 is 1.40 bits per heavy atom. The monoisotopic (exact) mass is 222 g/mol. The lowest BCUT2D eigenvalue weighted by Crippen LogP contribution is -2.01. The van der Waals surface area contributed by atoms with Crippen LogP contribution < -0.4 is 0 Å². The molecule has 1 nitrogen and oxygen atoms in total. The van der Waals surface area contributed by atoms with Gasteiger partial charge in [-0.3, -0.25) is 4.79 Å². The van der Waals surface area contributed by atoms with Crippen molar-refractivity contribution in [2.24, 2.45) is 5.92 Å². The van der Waals surface area contributed by atoms with Crippen molar-refractivity contribution in [2.75, 3.05) is 0 Å². The molecule has 0 saturated heterocycles. The molecule has 0 aliphatic heterocycles. The molecular weight excluding hydrogens is 208 g/mol. The maximum atomic E-state index is 11.7. The molecule has 1 fully saturated rings. The van der Waals surface area contributed by atoms with E-state index in [4.69, 9.17) is 11.6 Å². The summed E-state index contributed by atoms with van der Waals surface area (Å²) in [5.74, 6) is 0.595. The van der Waals surface area contributed by atoms with Gasteiger partial charge in [-0.1, -0.05) is 31.2 Å². The van der Waals surface area contributed by atoms with Crippen LogP contribution in [-0.4, -0.2) is 5.78 Å². The van der Waals surface area contributed by atoms with Crippen molar-refractivity contribution in [1.29, 1.82) is 0 Å². The molecule has 1 atom stereocenters. The molecule has 0 amide bonds. The number of carbonyl (C=O) groups is 1. The third kappa shape index (κ3) is 2.40. The number of rotatable bonds is 4. The van der Waals surface area contributed by atoms with Crippen LogP contribution >= 0.6 is 11.6 Å². The number of carbonyl (C=O) groups excluding carboxylic acids is 1. The predicted molar refractivity (Wildman–Crippen MR) is 62.4 cm³/mol. The van der Waals surface area contributed by atoms with Crippen LogP contribution in [0.3, 0.4) is 0 Å². The maximum absolute atomic E-state index is 11.7. The summed E-state index contributed by atoms with van der Waals surface area (Å²) in [6.07, 6.45) is 3.04. The minimum absolute atomic E-state index is 0.0649. The lowest BCUT2D eigenvalue weighted by molar-refractivity contribution is 0.0967. The summed E-state index contributed by atoms with van der Waals surface area (Å²) in [5.41, 5.74) is 1.94. The van der Waals surface area contributed by atoms with Gasteiger partial charge in [-0.25, -0.2) is 0 Å². The van der Waals surface area contributed by atoms with Crippen molar-refractivity contribution in [3.8, 4) is 0 Å². The van der Waals surface area contributed by atoms with Crippen LogP contribution in [0.4, 0.5) is 0 Å². The van der Waals surface area contributed by atoms with Gasteiger partial charge in [0.15, 0.2) is 5.78 Å². The summed E-state index contributed by atoms with van der Waals surface area (Å²) in [5, 5.41) is 0.0649. The van der Waals surface area contributed by atoms with Crippen LogP contribution in [-0.2, 0) is 0 Å². The normalized spacial score (nSPS) is 17.5. The first-order valence-electron chi connectivity index (χ1n) is 5.50. The van der Waals surface area contributed by atoms with E-state index in [1.54, 1.807) is 0 Å². The minimum atomic E-state index is 0.0649. The van der Waals surface area contributed by atoms with E-state index in [9.17, 15) is 4.79 Å². The Hall–Kier alpha value is -0.820. The molecule has 80 valence electrons. The fourth-order valence-electron chi connectivity index (χ4n) is 1.67. The van der Waals surface area contributed by atoms with Crippen molar-refractivity contribution in [3.05, 3.63) is 35.4 Å². The van der Waals surface area contributed by atoms with Crippen LogP contribution in [0.25, 0.3) is 0 Å². The zero-order chi connectivity index (χ0) is 10.8. The van der Waals surface area contributed by atoms with E-state index in [0.717, 1.165) is 30.4 Å². The van der Waals surface area contributed by atoms with E-state index in [2.05, 4.69) is 6.92 Å². The standard InChI is InChI=1S/C13H15ClO/c1-2-12(14)9-3-5-10(6-4-9)13(15)11-7-8-11/h3-6,11-12H,2,7-8H2,1H3. The number of ketones is 1. The molecule has 0 aromatic heterocycles. The summed E-state index contributed by atoms with van der Waals surface area (Å²) in [6, 6.07) is 7.75. The Morgan fingerprint density at radius 2 is 2.00 bits per heavy atom. The quantitative estimate of drug-likeness (QED) is 0.557. The van der Waals surface area contributed by atoms with Gasteiger partial charge in [0.05, 0.1) is 5.38 Å². The Labute approximate surface area is 95.4 Å². The molecule has 1 aliphatic rings. The fourth-order valence-corrected chi connectivity index (χ4v) is 1.82. The number of halogens is 1. The van der Waals surface area contributed by atoms with Gasteiger partial charge in [-0.15, -0.1) is 11.6 Å². The summed E-state index contributed by atoms with van der Waals surface area (Å²) in [7, 11) is 0. The van der Waals surface area contributed by atoms with Gasteiger partial charge in [0, 0.05) is 11.5 Å². The summed E-state index contributed by atoms with van der Waals surface area (Å²) in [6.45, 7) is 2.06. The molecule has 1 unspecified atom stereocenters. The molecule has 0 bridgehead atoms. The smallest absolute Gasteiger partial charge is 0.165 e. The lowest BCUT2D eigenvalue weighted by atomic mass is 10.0. The van der Waals surface area contributed by atoms with E-state index in [0.29, 0.717) is 11.7 Å². The van der Waals surface area contributed by atoms with Crippen LogP contribution in [0.15, 0.2) is 24.3 Å². The highest BCUT2D eigenvalue weighted by Gasteiger charge is 2.30. The SMILES string of the molecule is CCC(Cl)c1ccc(C(=O)C2CC2)cc1. The van der Waals surface area contributed by atoms with E-state index in [-0.39, 0.29) is 5.38 Å². The number of benzene rings is 1. The number of hydrogen-bond acceptors (Lipinski definition) is 1. The Balaban J connectivity index is 2.12. The molecule has 0 spiro atoms. The third-order valence-electron chi connectivity index (χ3n) is 2.86. The highest BCUT2D eigenvalue weighted by Crippen LogP contribution is 2.33. The first-order chi connectivity index (χ1) is 7.22. The van der Waals surface area contributed by atoms with E-state index in [1.807, 2.05) is 24.3 Å². The summed E-state index contributed by atoms with van der Waals surface area (Å²) < 4.78 is 0. The fraction of sp³-hybridized carbons (Fsp3) is 0.462. The largest absolute Gasteiger partial charge is 0.294 e. The van der Waals surface area contributed by atoms with Gasteiger partial charge in [-0.2, -0.15) is 0 Å². The molecule has 2 rings (SSSR count). The van der Waals surface area contributed by atoms with Crippen molar-refractivity contribution in [1.82, 2.24) is 0 Å². The van der Waals surface area contributed by atoms with Gasteiger partial charge >= 0.3 is 0 Å². The highest BCUT2D eigenvalue weighted by atomic mass is 35.5. The second-order valence-electron chi connectivity index (χ2n) is 4.14. The van der Waals surface area contributed by atoms with Crippen LogP contribution in [0, 0.1) is 5.92 Å². The lowest BCUT2D eigenvalue weighted by Gasteiger charge is -2.07. The molecule has 1 aliphatic carbocycles. The van der Waals surface area contributed by atoms with Gasteiger partial charge in [0.25, 0.3) is 0 Å². The topological polar surface area (TPSA) is 17.1 Å². The number of alkyl halides is 1. The molecule has 0 heterocycles. The van der Waals surface area contributed by atoms with Gasteiger partial charge in [-0.05, 0) is 24.8 Å². The molecule has 0 N–H and O–H groups in total. The molecule has 1 aromatic rings. The van der Waals surface area contributed by atoms with Crippen LogP contribution in [0.1, 0.15) is 47.5 Å². The Bertz CT molecular complexity index is 351. The van der Waals surface area contributed by atoms with Crippen molar-refractivity contribution in [3.63, 3.8) is 0 Å². The van der Waals surface area contributed by atoms with E-state index >= 15 is 0 Å². The first-order valence-corrected chi connectivity index (χ1v) is 5.94. The highest BCUT2D eigenvalue weighted by molar-refractivity contribution is 6.20.